The molecule has 0 spiro atoms. The van der Waals surface area contributed by atoms with Crippen molar-refractivity contribution in [3.63, 3.8) is 0 Å². The van der Waals surface area contributed by atoms with Crippen LogP contribution < -0.4 is 14.4 Å². The zero-order chi connectivity index (χ0) is 42.0. The lowest BCUT2D eigenvalue weighted by molar-refractivity contribution is 0.0986. The Bertz CT molecular complexity index is 2270. The fourth-order valence-electron chi connectivity index (χ4n) is 6.61. The lowest BCUT2D eigenvalue weighted by Gasteiger charge is -2.40. The van der Waals surface area contributed by atoms with Gasteiger partial charge in [-0.25, -0.2) is 4.85 Å². The lowest BCUT2D eigenvalue weighted by Crippen LogP contribution is -2.46. The number of carbonyl (C=O) groups is 1. The van der Waals surface area contributed by atoms with Crippen LogP contribution in [0.5, 0.6) is 23.0 Å². The van der Waals surface area contributed by atoms with Gasteiger partial charge in [-0.2, -0.15) is 5.26 Å². The summed E-state index contributed by atoms with van der Waals surface area (Å²) in [5.74, 6) is 2.27. The fraction of sp³-hybridized carbons (Fsp3) is 0.250. The predicted molar refractivity (Wildman–Crippen MR) is 243 cm³/mol. The molecule has 0 saturated heterocycles. The number of nitrogens with zero attached hydrogens (tertiary/aromatic N) is 3. The molecule has 6 aromatic carbocycles. The van der Waals surface area contributed by atoms with Gasteiger partial charge in [0, 0.05) is 11.3 Å². The highest BCUT2D eigenvalue weighted by Crippen LogP contribution is 2.51. The molecule has 58 heavy (non-hydrogen) atoms. The number of anilines is 1. The van der Waals surface area contributed by atoms with Crippen LogP contribution >= 0.6 is 0 Å². The highest BCUT2D eigenvalue weighted by molar-refractivity contribution is 6.13. The van der Waals surface area contributed by atoms with E-state index in [0.717, 1.165) is 39.9 Å². The molecule has 1 atom stereocenters. The summed E-state index contributed by atoms with van der Waals surface area (Å²) in [4.78, 5) is 19.9. The molecule has 1 unspecified atom stereocenters. The average molecular weight is 774 g/mol. The van der Waals surface area contributed by atoms with Crippen molar-refractivity contribution in [1.29, 1.82) is 5.26 Å². The molecule has 7 rings (SSSR count). The molecule has 1 heterocycles. The van der Waals surface area contributed by atoms with Gasteiger partial charge in [-0.3, -0.25) is 9.69 Å². The first kappa shape index (κ1) is 47.5. The molecule has 1 amide bonds. The van der Waals surface area contributed by atoms with E-state index >= 15 is 0 Å². The molecule has 0 N–H and O–H groups in total. The minimum absolute atomic E-state index is 0. The van der Waals surface area contributed by atoms with E-state index in [1.807, 2.05) is 202 Å². The van der Waals surface area contributed by atoms with E-state index in [2.05, 4.69) is 10.9 Å². The number of amides is 1. The third-order valence-electron chi connectivity index (χ3n) is 9.00. The number of rotatable bonds is 8. The second kappa shape index (κ2) is 23.4. The van der Waals surface area contributed by atoms with E-state index < -0.39 is 5.54 Å². The number of fused-ring (bicyclic) bond motifs is 1. The Hall–Kier alpha value is -6.63. The first-order valence-corrected chi connectivity index (χ1v) is 20.0. The maximum Gasteiger partial charge on any atom is 0.260 e. The molecule has 0 bridgehead atoms. The Morgan fingerprint density at radius 2 is 1.14 bits per heavy atom. The summed E-state index contributed by atoms with van der Waals surface area (Å²) >= 11 is 0. The summed E-state index contributed by atoms with van der Waals surface area (Å²) in [6, 6.07) is 46.3. The maximum absolute atomic E-state index is 14.4. The molecule has 6 nitrogen and oxygen atoms in total. The van der Waals surface area contributed by atoms with Crippen molar-refractivity contribution in [1.82, 2.24) is 0 Å². The van der Waals surface area contributed by atoms with Crippen LogP contribution in [-0.4, -0.2) is 5.91 Å². The monoisotopic (exact) mass is 773 g/mol. The van der Waals surface area contributed by atoms with Gasteiger partial charge in [-0.05, 0) is 108 Å². The Labute approximate surface area is 348 Å². The third kappa shape index (κ3) is 9.84. The third-order valence-corrected chi connectivity index (χ3v) is 9.00. The first-order chi connectivity index (χ1) is 28.0. The number of aryl methyl sites for hydroxylation is 2. The fourth-order valence-corrected chi connectivity index (χ4v) is 6.61. The predicted octanol–water partition coefficient (Wildman–Crippen LogP) is 15.3. The SMILES string of the molecule is C.CC.CC.CC.CC.[C-]#[N+]c1cc(Oc2ccc(C3(c4ccc(Oc5ccc(CC)c(C#N)c5)cc4)c4ccccc4C(=O)N3c3ccccc3)cc2)ccc1C. The Morgan fingerprint density at radius 3 is 1.66 bits per heavy atom. The van der Waals surface area contributed by atoms with Crippen LogP contribution in [0.15, 0.2) is 140 Å². The van der Waals surface area contributed by atoms with E-state index in [-0.39, 0.29) is 13.3 Å². The molecule has 1 aliphatic heterocycles. The van der Waals surface area contributed by atoms with Crippen LogP contribution in [0.2, 0.25) is 0 Å². The second-order valence-electron chi connectivity index (χ2n) is 11.8. The van der Waals surface area contributed by atoms with Crippen LogP contribution in [0, 0.1) is 24.8 Å². The zero-order valence-corrected chi connectivity index (χ0v) is 35.1. The van der Waals surface area contributed by atoms with Gasteiger partial charge in [0.1, 0.15) is 28.5 Å². The molecule has 300 valence electrons. The van der Waals surface area contributed by atoms with Crippen molar-refractivity contribution >= 4 is 17.3 Å². The van der Waals surface area contributed by atoms with Gasteiger partial charge < -0.3 is 9.47 Å². The van der Waals surface area contributed by atoms with Gasteiger partial charge in [0.25, 0.3) is 5.91 Å². The van der Waals surface area contributed by atoms with Crippen molar-refractivity contribution < 1.29 is 14.3 Å². The maximum atomic E-state index is 14.4. The van der Waals surface area contributed by atoms with Crippen LogP contribution in [-0.2, 0) is 12.0 Å². The number of para-hydroxylation sites is 1. The molecule has 0 radical (unpaired) electrons. The van der Waals surface area contributed by atoms with Crippen molar-refractivity contribution in [3.8, 4) is 29.1 Å². The van der Waals surface area contributed by atoms with Crippen LogP contribution in [0.3, 0.4) is 0 Å². The molecule has 0 fully saturated rings. The number of nitriles is 1. The number of carbonyl (C=O) groups excluding carboxylic acids is 1. The van der Waals surface area contributed by atoms with Gasteiger partial charge in [-0.15, -0.1) is 0 Å². The second-order valence-corrected chi connectivity index (χ2v) is 11.8. The number of hydrogen-bond acceptors (Lipinski definition) is 4. The quantitative estimate of drug-likeness (QED) is 0.144. The molecule has 0 aromatic heterocycles. The van der Waals surface area contributed by atoms with E-state index in [9.17, 15) is 10.1 Å². The summed E-state index contributed by atoms with van der Waals surface area (Å²) in [5, 5.41) is 9.62. The normalized spacial score (nSPS) is 13.0. The van der Waals surface area contributed by atoms with Crippen molar-refractivity contribution in [2.24, 2.45) is 0 Å². The van der Waals surface area contributed by atoms with Crippen molar-refractivity contribution in [2.45, 2.75) is 88.6 Å². The highest BCUT2D eigenvalue weighted by atomic mass is 16.5. The lowest BCUT2D eigenvalue weighted by atomic mass is 9.76. The molecule has 0 aliphatic carbocycles. The summed E-state index contributed by atoms with van der Waals surface area (Å²) in [5.41, 5.74) is 5.97. The molecular formula is C52H59N3O3. The largest absolute Gasteiger partial charge is 0.459 e. The van der Waals surface area contributed by atoms with E-state index in [1.54, 1.807) is 12.1 Å². The van der Waals surface area contributed by atoms with Crippen molar-refractivity contribution in [3.05, 3.63) is 190 Å². The highest BCUT2D eigenvalue weighted by Gasteiger charge is 2.52. The number of ether oxygens (including phenoxy) is 2. The molecule has 1 aliphatic rings. The minimum Gasteiger partial charge on any atom is -0.459 e. The van der Waals surface area contributed by atoms with E-state index in [1.165, 1.54) is 0 Å². The van der Waals surface area contributed by atoms with Crippen LogP contribution in [0.4, 0.5) is 11.4 Å². The average Bonchev–Trinajstić information content (AvgIpc) is 3.56. The van der Waals surface area contributed by atoms with Gasteiger partial charge in [0.15, 0.2) is 5.69 Å². The smallest absolute Gasteiger partial charge is 0.260 e. The number of benzene rings is 6. The molecule has 6 aromatic rings. The topological polar surface area (TPSA) is 66.9 Å². The van der Waals surface area contributed by atoms with Crippen molar-refractivity contribution in [2.75, 3.05) is 4.90 Å². The van der Waals surface area contributed by atoms with E-state index in [4.69, 9.17) is 16.0 Å². The Morgan fingerprint density at radius 1 is 0.655 bits per heavy atom. The summed E-state index contributed by atoms with van der Waals surface area (Å²) < 4.78 is 12.4. The Balaban J connectivity index is 0.00000122. The van der Waals surface area contributed by atoms with Gasteiger partial charge in [-0.1, -0.05) is 143 Å². The minimum atomic E-state index is -1.02. The molecule has 6 heteroatoms. The standard InChI is InChI=1S/C43H31N3O3.4C2H6.CH4/c1-4-30-15-21-37(26-31(30)28-44)48-35-22-16-32(17-23-35)43(33-18-24-36(25-19-33)49-38-20-14-29(2)41(27-38)45-3)40-13-9-8-12-39(40)42(47)46(43)34-10-6-5-7-11-34;4*1-2;/h5-27H,4H2,1-2H3;4*1-2H3;1H4. The van der Waals surface area contributed by atoms with Crippen LogP contribution in [0.1, 0.15) is 113 Å². The number of hydrogen-bond donors (Lipinski definition) is 0. The van der Waals surface area contributed by atoms with Gasteiger partial charge in [0.2, 0.25) is 0 Å². The summed E-state index contributed by atoms with van der Waals surface area (Å²) in [6.07, 6.45) is 0.764. The van der Waals surface area contributed by atoms with Gasteiger partial charge >= 0.3 is 0 Å². The van der Waals surface area contributed by atoms with Gasteiger partial charge in [0.05, 0.1) is 18.2 Å². The molecular weight excluding hydrogens is 715 g/mol. The zero-order valence-electron chi connectivity index (χ0n) is 35.1. The summed E-state index contributed by atoms with van der Waals surface area (Å²) in [7, 11) is 0. The van der Waals surface area contributed by atoms with Crippen LogP contribution in [0.25, 0.3) is 4.85 Å². The Kier molecular flexibility index (Phi) is 19.2. The first-order valence-electron chi connectivity index (χ1n) is 20.0. The summed E-state index contributed by atoms with van der Waals surface area (Å²) in [6.45, 7) is 27.4. The van der Waals surface area contributed by atoms with E-state index in [0.29, 0.717) is 39.8 Å². The molecule has 0 saturated carbocycles.